The molecule has 0 aliphatic heterocycles. The van der Waals surface area contributed by atoms with E-state index in [4.69, 9.17) is 5.73 Å². The molecular formula is C20H15N3O8S2. The van der Waals surface area contributed by atoms with Crippen LogP contribution < -0.4 is 5.73 Å². The van der Waals surface area contributed by atoms with E-state index in [1.807, 2.05) is 0 Å². The normalized spacial score (nSPS) is 12.7. The fourth-order valence-electron chi connectivity index (χ4n) is 3.38. The van der Waals surface area contributed by atoms with Crippen LogP contribution in [0.3, 0.4) is 0 Å². The first-order chi connectivity index (χ1) is 15.4. The van der Waals surface area contributed by atoms with Gasteiger partial charge in [-0.1, -0.05) is 24.3 Å². The third-order valence-corrected chi connectivity index (χ3v) is 6.60. The molecule has 0 heterocycles. The van der Waals surface area contributed by atoms with E-state index in [-0.39, 0.29) is 27.2 Å². The van der Waals surface area contributed by atoms with E-state index >= 15 is 0 Å². The van der Waals surface area contributed by atoms with E-state index in [9.17, 15) is 36.2 Å². The van der Waals surface area contributed by atoms with Crippen molar-refractivity contribution in [3.63, 3.8) is 0 Å². The van der Waals surface area contributed by atoms with Gasteiger partial charge in [0.2, 0.25) is 0 Å². The zero-order valence-corrected chi connectivity index (χ0v) is 18.0. The van der Waals surface area contributed by atoms with Gasteiger partial charge in [-0.3, -0.25) is 9.11 Å². The van der Waals surface area contributed by atoms with E-state index in [1.54, 1.807) is 0 Å². The van der Waals surface area contributed by atoms with Crippen molar-refractivity contribution in [3.8, 4) is 11.5 Å². The molecule has 0 amide bonds. The van der Waals surface area contributed by atoms with Crippen LogP contribution in [0, 0.1) is 0 Å². The number of fused-ring (bicyclic) bond motifs is 2. The second-order valence-electron chi connectivity index (χ2n) is 6.99. The minimum Gasteiger partial charge on any atom is -0.506 e. The highest BCUT2D eigenvalue weighted by atomic mass is 32.2. The van der Waals surface area contributed by atoms with Crippen LogP contribution in [0.4, 0.5) is 17.1 Å². The maximum absolute atomic E-state index is 11.9. The molecule has 0 atom stereocenters. The fraction of sp³-hybridized carbons (Fsp3) is 0. The molecule has 0 aromatic heterocycles. The zero-order chi connectivity index (χ0) is 24.1. The molecule has 6 N–H and O–H groups in total. The second-order valence-corrected chi connectivity index (χ2v) is 9.77. The molecule has 13 heteroatoms. The lowest BCUT2D eigenvalue weighted by molar-refractivity contribution is 0.471. The monoisotopic (exact) mass is 489 g/mol. The van der Waals surface area contributed by atoms with Crippen molar-refractivity contribution in [3.05, 3.63) is 54.6 Å². The van der Waals surface area contributed by atoms with Gasteiger partial charge in [0.05, 0.1) is 0 Å². The molecule has 0 spiro atoms. The highest BCUT2D eigenvalue weighted by Crippen LogP contribution is 2.44. The molecule has 4 aromatic rings. The number of nitrogen functional groups attached to an aromatic ring is 1. The van der Waals surface area contributed by atoms with Gasteiger partial charge in [0.15, 0.2) is 5.75 Å². The predicted molar refractivity (Wildman–Crippen MR) is 119 cm³/mol. The number of anilines is 1. The van der Waals surface area contributed by atoms with Crippen molar-refractivity contribution >= 4 is 58.8 Å². The summed E-state index contributed by atoms with van der Waals surface area (Å²) in [4.78, 5) is -1.36. The van der Waals surface area contributed by atoms with E-state index in [0.29, 0.717) is 0 Å². The molecule has 0 bridgehead atoms. The topological polar surface area (TPSA) is 200 Å². The maximum atomic E-state index is 11.9. The molecule has 0 unspecified atom stereocenters. The summed E-state index contributed by atoms with van der Waals surface area (Å²) < 4.78 is 66.8. The minimum absolute atomic E-state index is 0.108. The van der Waals surface area contributed by atoms with Crippen LogP contribution in [-0.4, -0.2) is 36.2 Å². The highest BCUT2D eigenvalue weighted by molar-refractivity contribution is 7.86. The van der Waals surface area contributed by atoms with Gasteiger partial charge in [-0.25, -0.2) is 0 Å². The first kappa shape index (κ1) is 22.4. The van der Waals surface area contributed by atoms with E-state index in [0.717, 1.165) is 12.1 Å². The van der Waals surface area contributed by atoms with Crippen LogP contribution in [0.2, 0.25) is 0 Å². The number of phenols is 2. The third kappa shape index (κ3) is 4.05. The lowest BCUT2D eigenvalue weighted by Gasteiger charge is -2.10. The van der Waals surface area contributed by atoms with Gasteiger partial charge in [0.1, 0.15) is 26.9 Å². The van der Waals surface area contributed by atoms with Gasteiger partial charge in [-0.15, -0.1) is 10.2 Å². The molecule has 0 aliphatic carbocycles. The molecule has 0 radical (unpaired) electrons. The van der Waals surface area contributed by atoms with Gasteiger partial charge in [0.25, 0.3) is 20.2 Å². The third-order valence-electron chi connectivity index (χ3n) is 4.84. The summed E-state index contributed by atoms with van der Waals surface area (Å²) in [5.74, 6) is -1.22. The van der Waals surface area contributed by atoms with Gasteiger partial charge >= 0.3 is 0 Å². The van der Waals surface area contributed by atoms with Crippen molar-refractivity contribution < 1.29 is 36.2 Å². The Morgan fingerprint density at radius 1 is 0.727 bits per heavy atom. The minimum atomic E-state index is -4.89. The number of hydrogen-bond donors (Lipinski definition) is 5. The Balaban J connectivity index is 2.06. The standard InChI is InChI=1S/C20H15N3O8S2/c21-12-6-4-11-8-16(33(29,30)31)19(20(25)13(11)9-12)23-22-18-14(24)7-5-10-2-1-3-15(17(10)18)32(26,27)28/h1-9,24-25H,21H2,(H,26,27,28)(H,29,30,31). The van der Waals surface area contributed by atoms with E-state index in [1.165, 1.54) is 42.5 Å². The van der Waals surface area contributed by atoms with Crippen LogP contribution in [-0.2, 0) is 20.2 Å². The van der Waals surface area contributed by atoms with E-state index in [2.05, 4.69) is 10.2 Å². The maximum Gasteiger partial charge on any atom is 0.296 e. The number of nitrogens with zero attached hydrogens (tertiary/aromatic N) is 2. The van der Waals surface area contributed by atoms with Gasteiger partial charge in [0, 0.05) is 16.5 Å². The lowest BCUT2D eigenvalue weighted by atomic mass is 10.1. The Morgan fingerprint density at radius 2 is 1.36 bits per heavy atom. The van der Waals surface area contributed by atoms with Crippen molar-refractivity contribution in [1.29, 1.82) is 0 Å². The van der Waals surface area contributed by atoms with Gasteiger partial charge in [-0.05, 0) is 41.1 Å². The quantitative estimate of drug-likeness (QED) is 0.160. The summed E-state index contributed by atoms with van der Waals surface area (Å²) in [7, 11) is -9.63. The predicted octanol–water partition coefficient (Wildman–Crippen LogP) is 3.90. The Hall–Kier alpha value is -3.78. The molecule has 0 aliphatic rings. The smallest absolute Gasteiger partial charge is 0.296 e. The van der Waals surface area contributed by atoms with Crippen molar-refractivity contribution in [2.45, 2.75) is 9.79 Å². The van der Waals surface area contributed by atoms with Gasteiger partial charge in [-0.2, -0.15) is 16.8 Å². The molecule has 4 aromatic carbocycles. The molecule has 0 saturated heterocycles. The summed E-state index contributed by atoms with van der Waals surface area (Å²) in [5.41, 5.74) is 4.89. The lowest BCUT2D eigenvalue weighted by Crippen LogP contribution is -1.99. The first-order valence-electron chi connectivity index (χ1n) is 9.04. The number of azo groups is 1. The Kier molecular flexibility index (Phi) is 5.21. The summed E-state index contributed by atoms with van der Waals surface area (Å²) >= 11 is 0. The number of hydrogen-bond acceptors (Lipinski definition) is 9. The molecule has 0 saturated carbocycles. The Morgan fingerprint density at radius 3 is 2.03 bits per heavy atom. The van der Waals surface area contributed by atoms with Crippen molar-refractivity contribution in [1.82, 2.24) is 0 Å². The second kappa shape index (κ2) is 7.67. The number of rotatable bonds is 4. The van der Waals surface area contributed by atoms with E-state index < -0.39 is 52.9 Å². The summed E-state index contributed by atoms with van der Waals surface area (Å²) in [5, 5.41) is 28.9. The van der Waals surface area contributed by atoms with Crippen LogP contribution in [0.5, 0.6) is 11.5 Å². The number of aromatic hydroxyl groups is 2. The Bertz CT molecular complexity index is 1700. The first-order valence-corrected chi connectivity index (χ1v) is 11.9. The largest absolute Gasteiger partial charge is 0.506 e. The zero-order valence-electron chi connectivity index (χ0n) is 16.4. The van der Waals surface area contributed by atoms with Crippen molar-refractivity contribution in [2.75, 3.05) is 5.73 Å². The average molecular weight is 489 g/mol. The molecule has 4 rings (SSSR count). The summed E-state index contributed by atoms with van der Waals surface area (Å²) in [6, 6.07) is 11.8. The van der Waals surface area contributed by atoms with Crippen LogP contribution >= 0.6 is 0 Å². The number of benzene rings is 4. The molecule has 0 fully saturated rings. The Labute approximate surface area is 186 Å². The highest BCUT2D eigenvalue weighted by Gasteiger charge is 2.23. The molecule has 11 nitrogen and oxygen atoms in total. The van der Waals surface area contributed by atoms with Crippen LogP contribution in [0.1, 0.15) is 0 Å². The average Bonchev–Trinajstić information content (AvgIpc) is 2.72. The SMILES string of the molecule is Nc1ccc2cc(S(=O)(=O)O)c(N=Nc3c(O)ccc4cccc(S(=O)(=O)O)c34)c(O)c2c1. The molecule has 170 valence electrons. The molecular weight excluding hydrogens is 474 g/mol. The summed E-state index contributed by atoms with van der Waals surface area (Å²) in [6.07, 6.45) is 0. The fourth-order valence-corrected chi connectivity index (χ4v) is 4.77. The molecule has 33 heavy (non-hydrogen) atoms. The van der Waals surface area contributed by atoms with Crippen LogP contribution in [0.25, 0.3) is 21.5 Å². The van der Waals surface area contributed by atoms with Gasteiger partial charge < -0.3 is 15.9 Å². The number of nitrogens with two attached hydrogens (primary N) is 1. The van der Waals surface area contributed by atoms with Crippen LogP contribution in [0.15, 0.2) is 74.6 Å². The summed E-state index contributed by atoms with van der Waals surface area (Å²) in [6.45, 7) is 0. The number of phenolic OH excluding ortho intramolecular Hbond substituents is 2. The van der Waals surface area contributed by atoms with Crippen molar-refractivity contribution in [2.24, 2.45) is 10.2 Å².